The van der Waals surface area contributed by atoms with Gasteiger partial charge in [-0.1, -0.05) is 36.4 Å². The lowest BCUT2D eigenvalue weighted by Gasteiger charge is -2.07. The van der Waals surface area contributed by atoms with Crippen LogP contribution in [-0.2, 0) is 5.75 Å². The molecule has 0 spiro atoms. The normalized spacial score (nSPS) is 11.2. The SMILES string of the molecule is Cc1cccn2c(=O)cc(CSc3ccc4ccccc4c3)nc12. The second kappa shape index (κ2) is 6.13. The lowest BCUT2D eigenvalue weighted by molar-refractivity contribution is 1.00. The Morgan fingerprint density at radius 1 is 1.00 bits per heavy atom. The molecular formula is C20H16N2OS. The van der Waals surface area contributed by atoms with Crippen LogP contribution in [0.2, 0.25) is 0 Å². The molecule has 0 saturated carbocycles. The highest BCUT2D eigenvalue weighted by Gasteiger charge is 2.05. The van der Waals surface area contributed by atoms with Crippen LogP contribution in [0.5, 0.6) is 0 Å². The lowest BCUT2D eigenvalue weighted by Crippen LogP contribution is -2.15. The van der Waals surface area contributed by atoms with E-state index >= 15 is 0 Å². The summed E-state index contributed by atoms with van der Waals surface area (Å²) in [5.41, 5.74) is 2.52. The number of hydrogen-bond acceptors (Lipinski definition) is 3. The predicted octanol–water partition coefficient (Wildman–Crippen LogP) is 4.45. The minimum absolute atomic E-state index is 0.0298. The summed E-state index contributed by atoms with van der Waals surface area (Å²) in [5, 5.41) is 2.46. The Morgan fingerprint density at radius 3 is 2.71 bits per heavy atom. The van der Waals surface area contributed by atoms with E-state index in [1.54, 1.807) is 28.4 Å². The van der Waals surface area contributed by atoms with Gasteiger partial charge in [-0.05, 0) is 41.5 Å². The zero-order chi connectivity index (χ0) is 16.5. The number of rotatable bonds is 3. The van der Waals surface area contributed by atoms with Crippen molar-refractivity contribution in [2.24, 2.45) is 0 Å². The Kier molecular flexibility index (Phi) is 3.82. The summed E-state index contributed by atoms with van der Waals surface area (Å²) in [6, 6.07) is 20.2. The van der Waals surface area contributed by atoms with Gasteiger partial charge >= 0.3 is 0 Å². The molecule has 0 saturated heterocycles. The number of aryl methyl sites for hydroxylation is 1. The molecule has 0 fully saturated rings. The first-order valence-corrected chi connectivity index (χ1v) is 8.79. The van der Waals surface area contributed by atoms with Gasteiger partial charge < -0.3 is 0 Å². The van der Waals surface area contributed by atoms with E-state index in [4.69, 9.17) is 0 Å². The topological polar surface area (TPSA) is 34.4 Å². The first-order valence-electron chi connectivity index (χ1n) is 7.80. The van der Waals surface area contributed by atoms with Gasteiger partial charge in [0.25, 0.3) is 5.56 Å². The third-order valence-corrected chi connectivity index (χ3v) is 5.07. The molecule has 0 bridgehead atoms. The smallest absolute Gasteiger partial charge is 0.258 e. The average Bonchev–Trinajstić information content (AvgIpc) is 2.61. The van der Waals surface area contributed by atoms with Crippen molar-refractivity contribution in [3.8, 4) is 0 Å². The van der Waals surface area contributed by atoms with Gasteiger partial charge in [-0.3, -0.25) is 9.20 Å². The summed E-state index contributed by atoms with van der Waals surface area (Å²) in [6.45, 7) is 1.97. The lowest BCUT2D eigenvalue weighted by atomic mass is 10.1. The number of benzene rings is 2. The van der Waals surface area contributed by atoms with E-state index in [9.17, 15) is 4.79 Å². The molecule has 4 heteroatoms. The van der Waals surface area contributed by atoms with Crippen LogP contribution in [0, 0.1) is 6.92 Å². The first kappa shape index (κ1) is 15.0. The molecule has 2 aromatic heterocycles. The first-order chi connectivity index (χ1) is 11.7. The molecule has 24 heavy (non-hydrogen) atoms. The number of thioether (sulfide) groups is 1. The molecular weight excluding hydrogens is 316 g/mol. The Bertz CT molecular complexity index is 1100. The highest BCUT2D eigenvalue weighted by molar-refractivity contribution is 7.98. The van der Waals surface area contributed by atoms with Crippen molar-refractivity contribution in [2.45, 2.75) is 17.6 Å². The predicted molar refractivity (Wildman–Crippen MR) is 99.7 cm³/mol. The van der Waals surface area contributed by atoms with Gasteiger partial charge in [0, 0.05) is 22.9 Å². The van der Waals surface area contributed by atoms with Crippen LogP contribution in [0.25, 0.3) is 16.4 Å². The highest BCUT2D eigenvalue weighted by Crippen LogP contribution is 2.26. The van der Waals surface area contributed by atoms with Crippen LogP contribution >= 0.6 is 11.8 Å². The molecule has 0 atom stereocenters. The number of nitrogens with zero attached hydrogens (tertiary/aromatic N) is 2. The largest absolute Gasteiger partial charge is 0.269 e. The van der Waals surface area contributed by atoms with Crippen LogP contribution in [0.15, 0.2) is 76.6 Å². The zero-order valence-corrected chi connectivity index (χ0v) is 14.1. The maximum absolute atomic E-state index is 12.3. The van der Waals surface area contributed by atoms with E-state index < -0.39 is 0 Å². The molecule has 4 rings (SSSR count). The van der Waals surface area contributed by atoms with Gasteiger partial charge in [-0.2, -0.15) is 0 Å². The summed E-state index contributed by atoms with van der Waals surface area (Å²) in [7, 11) is 0. The van der Waals surface area contributed by atoms with Crippen LogP contribution in [0.1, 0.15) is 11.3 Å². The molecule has 0 radical (unpaired) electrons. The van der Waals surface area contributed by atoms with Crippen molar-refractivity contribution in [3.05, 3.63) is 88.5 Å². The monoisotopic (exact) mass is 332 g/mol. The summed E-state index contributed by atoms with van der Waals surface area (Å²) in [4.78, 5) is 18.1. The van der Waals surface area contributed by atoms with Gasteiger partial charge in [-0.25, -0.2) is 4.98 Å². The van der Waals surface area contributed by atoms with Gasteiger partial charge in [0.2, 0.25) is 0 Å². The number of fused-ring (bicyclic) bond motifs is 2. The number of aromatic nitrogens is 2. The molecule has 0 N–H and O–H groups in total. The molecule has 0 amide bonds. The fourth-order valence-electron chi connectivity index (χ4n) is 2.80. The Labute approximate surface area is 144 Å². The quantitative estimate of drug-likeness (QED) is 0.520. The molecule has 4 aromatic rings. The molecule has 118 valence electrons. The molecule has 0 aliphatic heterocycles. The highest BCUT2D eigenvalue weighted by atomic mass is 32.2. The molecule has 0 unspecified atom stereocenters. The van der Waals surface area contributed by atoms with Crippen LogP contribution < -0.4 is 5.56 Å². The van der Waals surface area contributed by atoms with Gasteiger partial charge in [-0.15, -0.1) is 11.8 Å². The molecule has 2 aromatic carbocycles. The van der Waals surface area contributed by atoms with Crippen LogP contribution in [-0.4, -0.2) is 9.38 Å². The zero-order valence-electron chi connectivity index (χ0n) is 13.3. The van der Waals surface area contributed by atoms with Crippen molar-refractivity contribution in [2.75, 3.05) is 0 Å². The Hall–Kier alpha value is -2.59. The Morgan fingerprint density at radius 2 is 1.83 bits per heavy atom. The minimum Gasteiger partial charge on any atom is -0.269 e. The second-order valence-corrected chi connectivity index (χ2v) is 6.82. The minimum atomic E-state index is -0.0298. The summed E-state index contributed by atoms with van der Waals surface area (Å²) in [5.74, 6) is 0.679. The van der Waals surface area contributed by atoms with E-state index in [0.717, 1.165) is 16.9 Å². The molecule has 3 nitrogen and oxygen atoms in total. The maximum atomic E-state index is 12.3. The fraction of sp³-hybridized carbons (Fsp3) is 0.100. The number of pyridine rings is 1. The van der Waals surface area contributed by atoms with Crippen LogP contribution in [0.4, 0.5) is 0 Å². The summed E-state index contributed by atoms with van der Waals surface area (Å²) < 4.78 is 1.60. The molecule has 0 aliphatic rings. The van der Waals surface area contributed by atoms with Crippen molar-refractivity contribution in [1.82, 2.24) is 9.38 Å². The maximum Gasteiger partial charge on any atom is 0.258 e. The van der Waals surface area contributed by atoms with Gasteiger partial charge in [0.1, 0.15) is 5.65 Å². The Balaban J connectivity index is 1.64. The van der Waals surface area contributed by atoms with Crippen molar-refractivity contribution >= 4 is 28.2 Å². The van der Waals surface area contributed by atoms with Crippen molar-refractivity contribution in [1.29, 1.82) is 0 Å². The molecule has 2 heterocycles. The summed E-state index contributed by atoms with van der Waals surface area (Å²) in [6.07, 6.45) is 1.76. The molecule has 0 aliphatic carbocycles. The van der Waals surface area contributed by atoms with Crippen LogP contribution in [0.3, 0.4) is 0 Å². The van der Waals surface area contributed by atoms with E-state index in [2.05, 4.69) is 35.3 Å². The van der Waals surface area contributed by atoms with Crippen molar-refractivity contribution < 1.29 is 0 Å². The summed E-state index contributed by atoms with van der Waals surface area (Å²) >= 11 is 1.70. The standard InChI is InChI=1S/C20H16N2OS/c1-14-5-4-10-22-19(23)12-17(21-20(14)22)13-24-18-9-8-15-6-2-3-7-16(15)11-18/h2-12H,13H2,1H3. The van der Waals surface area contributed by atoms with Crippen molar-refractivity contribution in [3.63, 3.8) is 0 Å². The fourth-order valence-corrected chi connectivity index (χ4v) is 3.63. The van der Waals surface area contributed by atoms with E-state index in [1.807, 2.05) is 31.2 Å². The van der Waals surface area contributed by atoms with Gasteiger partial charge in [0.15, 0.2) is 0 Å². The van der Waals surface area contributed by atoms with Gasteiger partial charge in [0.05, 0.1) is 5.69 Å². The van der Waals surface area contributed by atoms with E-state index in [1.165, 1.54) is 15.7 Å². The third kappa shape index (κ3) is 2.81. The van der Waals surface area contributed by atoms with E-state index in [-0.39, 0.29) is 5.56 Å². The average molecular weight is 332 g/mol. The number of hydrogen-bond donors (Lipinski definition) is 0. The third-order valence-electron chi connectivity index (χ3n) is 4.05. The van der Waals surface area contributed by atoms with E-state index in [0.29, 0.717) is 5.75 Å². The second-order valence-electron chi connectivity index (χ2n) is 5.77.